The first kappa shape index (κ1) is 12.8. The van der Waals surface area contributed by atoms with Gasteiger partial charge in [-0.25, -0.2) is 0 Å². The van der Waals surface area contributed by atoms with Crippen molar-refractivity contribution in [2.24, 2.45) is 0 Å². The summed E-state index contributed by atoms with van der Waals surface area (Å²) in [5.74, 6) is 0. The number of aromatic nitrogens is 2. The summed E-state index contributed by atoms with van der Waals surface area (Å²) in [6, 6.07) is 4.16. The third kappa shape index (κ3) is 3.40. The molecule has 2 aromatic heterocycles. The maximum absolute atomic E-state index is 4.13. The molecule has 5 heteroatoms. The maximum Gasteiger partial charge on any atom is 0.0795 e. The first-order chi connectivity index (χ1) is 7.96. The van der Waals surface area contributed by atoms with Gasteiger partial charge in [-0.1, -0.05) is 0 Å². The number of hydrogen-bond donors (Lipinski definition) is 2. The Morgan fingerprint density at radius 2 is 2.18 bits per heavy atom. The first-order valence-electron chi connectivity index (χ1n) is 5.49. The van der Waals surface area contributed by atoms with Crippen molar-refractivity contribution < 1.29 is 0 Å². The molecule has 0 fully saturated rings. The van der Waals surface area contributed by atoms with Gasteiger partial charge in [0, 0.05) is 17.6 Å². The monoisotopic (exact) mass is 313 g/mol. The van der Waals surface area contributed by atoms with Crippen LogP contribution in [0.3, 0.4) is 0 Å². The van der Waals surface area contributed by atoms with Gasteiger partial charge in [0.25, 0.3) is 0 Å². The Hall–Kier alpha value is -0.650. The van der Waals surface area contributed by atoms with Crippen LogP contribution in [0.15, 0.2) is 22.1 Å². The van der Waals surface area contributed by atoms with Crippen molar-refractivity contribution in [3.63, 3.8) is 0 Å². The molecule has 0 aliphatic heterocycles. The Bertz CT molecular complexity index is 496. The summed E-state index contributed by atoms with van der Waals surface area (Å²) < 4.78 is 1.14. The molecule has 92 valence electrons. The first-order valence-corrected chi connectivity index (χ1v) is 7.09. The summed E-state index contributed by atoms with van der Waals surface area (Å²) in [6.07, 6.45) is 1.89. The number of thiophene rings is 1. The fourth-order valence-corrected chi connectivity index (χ4v) is 2.88. The number of nitrogens with one attached hydrogen (secondary N) is 2. The van der Waals surface area contributed by atoms with E-state index in [2.05, 4.69) is 64.3 Å². The predicted octanol–water partition coefficient (Wildman–Crippen LogP) is 3.79. The molecule has 0 spiro atoms. The summed E-state index contributed by atoms with van der Waals surface area (Å²) in [4.78, 5) is 1.21. The van der Waals surface area contributed by atoms with Gasteiger partial charge in [0.15, 0.2) is 0 Å². The molecular formula is C12H16BrN3S. The topological polar surface area (TPSA) is 40.7 Å². The van der Waals surface area contributed by atoms with E-state index in [1.807, 2.05) is 6.20 Å². The molecule has 0 saturated heterocycles. The number of rotatable bonds is 3. The zero-order valence-electron chi connectivity index (χ0n) is 10.2. The van der Waals surface area contributed by atoms with Gasteiger partial charge in [0.05, 0.1) is 20.6 Å². The van der Waals surface area contributed by atoms with Crippen LogP contribution < -0.4 is 5.32 Å². The van der Waals surface area contributed by atoms with Crippen LogP contribution in [0.4, 0.5) is 0 Å². The fourth-order valence-electron chi connectivity index (χ4n) is 1.47. The molecule has 2 aromatic rings. The van der Waals surface area contributed by atoms with Gasteiger partial charge in [-0.15, -0.1) is 11.3 Å². The van der Waals surface area contributed by atoms with Gasteiger partial charge in [0.2, 0.25) is 0 Å². The number of halogens is 1. The quantitative estimate of drug-likeness (QED) is 0.905. The molecule has 0 aromatic carbocycles. The summed E-state index contributed by atoms with van der Waals surface area (Å²) in [6.45, 7) is 7.31. The van der Waals surface area contributed by atoms with Crippen LogP contribution in [0.1, 0.15) is 26.3 Å². The zero-order valence-corrected chi connectivity index (χ0v) is 12.6. The molecule has 2 rings (SSSR count). The lowest BCUT2D eigenvalue weighted by Crippen LogP contribution is -2.35. The van der Waals surface area contributed by atoms with Crippen molar-refractivity contribution >= 4 is 27.3 Å². The van der Waals surface area contributed by atoms with E-state index in [9.17, 15) is 0 Å². The average molecular weight is 314 g/mol. The van der Waals surface area contributed by atoms with Crippen molar-refractivity contribution in [2.75, 3.05) is 0 Å². The highest BCUT2D eigenvalue weighted by atomic mass is 79.9. The van der Waals surface area contributed by atoms with Gasteiger partial charge < -0.3 is 5.32 Å². The highest BCUT2D eigenvalue weighted by Gasteiger charge is 2.13. The second kappa shape index (κ2) is 4.92. The van der Waals surface area contributed by atoms with Gasteiger partial charge >= 0.3 is 0 Å². The second-order valence-electron chi connectivity index (χ2n) is 4.98. The van der Waals surface area contributed by atoms with Crippen LogP contribution >= 0.6 is 27.3 Å². The van der Waals surface area contributed by atoms with Gasteiger partial charge in [0.1, 0.15) is 0 Å². The highest BCUT2D eigenvalue weighted by Crippen LogP contribution is 2.31. The minimum absolute atomic E-state index is 0.116. The Balaban J connectivity index is 2.17. The minimum atomic E-state index is 0.116. The van der Waals surface area contributed by atoms with Gasteiger partial charge in [-0.2, -0.15) is 5.10 Å². The maximum atomic E-state index is 4.13. The third-order valence-corrected chi connectivity index (χ3v) is 3.99. The lowest BCUT2D eigenvalue weighted by Gasteiger charge is -2.20. The number of aromatic amines is 1. The van der Waals surface area contributed by atoms with E-state index in [4.69, 9.17) is 0 Å². The molecule has 2 heterocycles. The van der Waals surface area contributed by atoms with Crippen LogP contribution in [0.25, 0.3) is 10.6 Å². The lowest BCUT2D eigenvalue weighted by molar-refractivity contribution is 0.424. The molecule has 0 bridgehead atoms. The van der Waals surface area contributed by atoms with E-state index >= 15 is 0 Å². The molecular weight excluding hydrogens is 298 g/mol. The molecule has 2 N–H and O–H groups in total. The number of hydrogen-bond acceptors (Lipinski definition) is 3. The second-order valence-corrected chi connectivity index (χ2v) is 7.44. The largest absolute Gasteiger partial charge is 0.308 e. The van der Waals surface area contributed by atoms with Gasteiger partial charge in [-0.05, 0) is 48.8 Å². The zero-order chi connectivity index (χ0) is 12.5. The molecule has 3 nitrogen and oxygen atoms in total. The van der Waals surface area contributed by atoms with Crippen molar-refractivity contribution in [3.05, 3.63) is 27.7 Å². The van der Waals surface area contributed by atoms with E-state index < -0.39 is 0 Å². The van der Waals surface area contributed by atoms with Crippen molar-refractivity contribution in [1.82, 2.24) is 15.5 Å². The Labute approximate surface area is 114 Å². The smallest absolute Gasteiger partial charge is 0.0795 e. The Morgan fingerprint density at radius 1 is 1.41 bits per heavy atom. The molecule has 0 unspecified atom stereocenters. The molecule has 17 heavy (non-hydrogen) atoms. The predicted molar refractivity (Wildman–Crippen MR) is 76.2 cm³/mol. The van der Waals surface area contributed by atoms with E-state index in [1.54, 1.807) is 11.3 Å². The average Bonchev–Trinajstić information content (AvgIpc) is 2.81. The van der Waals surface area contributed by atoms with Crippen molar-refractivity contribution in [3.8, 4) is 10.6 Å². The van der Waals surface area contributed by atoms with E-state index in [1.165, 1.54) is 10.4 Å². The number of H-pyrrole nitrogens is 1. The minimum Gasteiger partial charge on any atom is -0.308 e. The van der Waals surface area contributed by atoms with Crippen LogP contribution in [-0.2, 0) is 6.54 Å². The Morgan fingerprint density at radius 3 is 2.76 bits per heavy atom. The van der Waals surface area contributed by atoms with Crippen LogP contribution in [0, 0.1) is 0 Å². The molecule has 0 aliphatic rings. The normalized spacial score (nSPS) is 12.0. The summed E-state index contributed by atoms with van der Waals surface area (Å²) in [5, 5.41) is 10.7. The molecule has 0 amide bonds. The molecule has 0 aliphatic carbocycles. The van der Waals surface area contributed by atoms with Crippen LogP contribution in [-0.4, -0.2) is 15.7 Å². The van der Waals surface area contributed by atoms with E-state index in [-0.39, 0.29) is 5.54 Å². The summed E-state index contributed by atoms with van der Waals surface area (Å²) in [5.41, 5.74) is 2.43. The highest BCUT2D eigenvalue weighted by molar-refractivity contribution is 9.11. The van der Waals surface area contributed by atoms with Crippen molar-refractivity contribution in [1.29, 1.82) is 0 Å². The van der Waals surface area contributed by atoms with E-state index in [0.717, 1.165) is 16.0 Å². The number of nitrogens with zero attached hydrogens (tertiary/aromatic N) is 1. The fraction of sp³-hybridized carbons (Fsp3) is 0.417. The van der Waals surface area contributed by atoms with Crippen molar-refractivity contribution in [2.45, 2.75) is 32.9 Å². The standard InChI is InChI=1S/C12H16BrN3S/c1-12(2,3)14-6-8-7-15-16-11(8)9-4-5-10(13)17-9/h4-5,7,14H,6H2,1-3H3,(H,15,16). The SMILES string of the molecule is CC(C)(C)NCc1cn[nH]c1-c1ccc(Br)s1. The molecule has 0 saturated carbocycles. The van der Waals surface area contributed by atoms with Crippen LogP contribution in [0.5, 0.6) is 0 Å². The van der Waals surface area contributed by atoms with Crippen LogP contribution in [0.2, 0.25) is 0 Å². The van der Waals surface area contributed by atoms with Gasteiger partial charge in [-0.3, -0.25) is 5.10 Å². The Kier molecular flexibility index (Phi) is 3.70. The molecule has 0 atom stereocenters. The third-order valence-electron chi connectivity index (χ3n) is 2.35. The summed E-state index contributed by atoms with van der Waals surface area (Å²) in [7, 11) is 0. The summed E-state index contributed by atoms with van der Waals surface area (Å²) >= 11 is 5.19. The lowest BCUT2D eigenvalue weighted by atomic mass is 10.1. The van der Waals surface area contributed by atoms with E-state index in [0.29, 0.717) is 0 Å². The molecule has 0 radical (unpaired) electrons.